The Labute approximate surface area is 161 Å². The fraction of sp³-hybridized carbons (Fsp3) is 0.190. The summed E-state index contributed by atoms with van der Waals surface area (Å²) in [5.41, 5.74) is 1.43. The highest BCUT2D eigenvalue weighted by Crippen LogP contribution is 2.29. The molecule has 0 aliphatic heterocycles. The Bertz CT molecular complexity index is 1020. The van der Waals surface area contributed by atoms with Crippen LogP contribution in [-0.2, 0) is 9.53 Å². The van der Waals surface area contributed by atoms with Crippen LogP contribution >= 0.6 is 0 Å². The van der Waals surface area contributed by atoms with Gasteiger partial charge in [-0.05, 0) is 44.2 Å². The normalized spacial score (nSPS) is 10.5. The van der Waals surface area contributed by atoms with E-state index in [1.165, 1.54) is 0 Å². The first kappa shape index (κ1) is 19.2. The van der Waals surface area contributed by atoms with Crippen LogP contribution < -0.4 is 10.1 Å². The molecule has 7 heteroatoms. The van der Waals surface area contributed by atoms with Crippen LogP contribution in [-0.4, -0.2) is 31.0 Å². The van der Waals surface area contributed by atoms with E-state index in [9.17, 15) is 14.4 Å². The zero-order valence-electron chi connectivity index (χ0n) is 15.5. The first-order valence-electron chi connectivity index (χ1n) is 8.72. The molecule has 28 heavy (non-hydrogen) atoms. The van der Waals surface area contributed by atoms with Crippen molar-refractivity contribution >= 4 is 28.8 Å². The number of ether oxygens (including phenoxy) is 2. The zero-order chi connectivity index (χ0) is 20.1. The molecule has 1 N–H and O–H groups in total. The van der Waals surface area contributed by atoms with E-state index >= 15 is 0 Å². The van der Waals surface area contributed by atoms with Crippen molar-refractivity contribution in [3.63, 3.8) is 0 Å². The number of rotatable bonds is 6. The maximum absolute atomic E-state index is 12.3. The molecule has 1 aromatic heterocycles. The summed E-state index contributed by atoms with van der Waals surface area (Å²) in [6, 6.07) is 13.5. The molecule has 0 radical (unpaired) electrons. The number of nitrogens with one attached hydrogen (secondary N) is 1. The van der Waals surface area contributed by atoms with Crippen molar-refractivity contribution in [3.8, 4) is 5.75 Å². The van der Waals surface area contributed by atoms with Crippen LogP contribution in [0.25, 0.3) is 11.0 Å². The van der Waals surface area contributed by atoms with Gasteiger partial charge >= 0.3 is 5.97 Å². The lowest BCUT2D eigenvalue weighted by Gasteiger charge is -2.05. The van der Waals surface area contributed by atoms with Gasteiger partial charge in [-0.3, -0.25) is 14.9 Å². The van der Waals surface area contributed by atoms with Gasteiger partial charge in [0, 0.05) is 16.5 Å². The summed E-state index contributed by atoms with van der Waals surface area (Å²) in [6.45, 7) is 3.52. The maximum atomic E-state index is 12.3. The average molecular weight is 381 g/mol. The van der Waals surface area contributed by atoms with Crippen molar-refractivity contribution < 1.29 is 28.3 Å². The molecule has 0 spiro atoms. The van der Waals surface area contributed by atoms with Gasteiger partial charge in [0.15, 0.2) is 6.61 Å². The van der Waals surface area contributed by atoms with Crippen molar-refractivity contribution in [2.45, 2.75) is 13.8 Å². The third-order valence-corrected chi connectivity index (χ3v) is 4.03. The summed E-state index contributed by atoms with van der Waals surface area (Å²) in [4.78, 5) is 36.1. The highest BCUT2D eigenvalue weighted by Gasteiger charge is 2.21. The van der Waals surface area contributed by atoms with E-state index in [1.807, 2.05) is 6.92 Å². The van der Waals surface area contributed by atoms with Crippen LogP contribution in [0.1, 0.15) is 33.4 Å². The Morgan fingerprint density at radius 3 is 2.54 bits per heavy atom. The quantitative estimate of drug-likeness (QED) is 0.659. The highest BCUT2D eigenvalue weighted by atomic mass is 16.5. The van der Waals surface area contributed by atoms with Gasteiger partial charge in [0.2, 0.25) is 5.76 Å². The fourth-order valence-corrected chi connectivity index (χ4v) is 2.67. The molecule has 0 aliphatic carbocycles. The van der Waals surface area contributed by atoms with E-state index in [2.05, 4.69) is 5.32 Å². The van der Waals surface area contributed by atoms with Gasteiger partial charge in [-0.2, -0.15) is 0 Å². The molecule has 2 amide bonds. The van der Waals surface area contributed by atoms with Crippen LogP contribution in [0.4, 0.5) is 0 Å². The first-order chi connectivity index (χ1) is 13.5. The molecular weight excluding hydrogens is 362 g/mol. The van der Waals surface area contributed by atoms with E-state index in [1.54, 1.807) is 55.5 Å². The van der Waals surface area contributed by atoms with Gasteiger partial charge in [-0.25, -0.2) is 4.79 Å². The van der Waals surface area contributed by atoms with Crippen LogP contribution in [0.15, 0.2) is 52.9 Å². The number of hydrogen-bond acceptors (Lipinski definition) is 6. The number of carbonyl (C=O) groups excluding carboxylic acids is 3. The Morgan fingerprint density at radius 2 is 1.82 bits per heavy atom. The molecule has 0 unspecified atom stereocenters. The van der Waals surface area contributed by atoms with E-state index in [-0.39, 0.29) is 5.76 Å². The standard InChI is InChI=1S/C21H19NO6/c1-3-26-15-9-10-17-16(11-15)13(2)19(28-17)21(25)27-12-18(23)22-20(24)14-7-5-4-6-8-14/h4-11H,3,12H2,1-2H3,(H,22,23,24). The maximum Gasteiger partial charge on any atom is 0.375 e. The summed E-state index contributed by atoms with van der Waals surface area (Å²) in [6.07, 6.45) is 0. The monoisotopic (exact) mass is 381 g/mol. The summed E-state index contributed by atoms with van der Waals surface area (Å²) in [5, 5.41) is 2.89. The Hall–Kier alpha value is -3.61. The summed E-state index contributed by atoms with van der Waals surface area (Å²) >= 11 is 0. The van der Waals surface area contributed by atoms with E-state index < -0.39 is 24.4 Å². The minimum absolute atomic E-state index is 0.00540. The van der Waals surface area contributed by atoms with Crippen molar-refractivity contribution in [2.24, 2.45) is 0 Å². The van der Waals surface area contributed by atoms with Gasteiger partial charge in [-0.15, -0.1) is 0 Å². The van der Waals surface area contributed by atoms with Crippen molar-refractivity contribution in [3.05, 3.63) is 65.4 Å². The fourth-order valence-electron chi connectivity index (χ4n) is 2.67. The SMILES string of the molecule is CCOc1ccc2oc(C(=O)OCC(=O)NC(=O)c3ccccc3)c(C)c2c1. The zero-order valence-corrected chi connectivity index (χ0v) is 15.5. The number of carbonyl (C=O) groups is 3. The Balaban J connectivity index is 1.63. The number of fused-ring (bicyclic) bond motifs is 1. The van der Waals surface area contributed by atoms with Crippen LogP contribution in [0.3, 0.4) is 0 Å². The number of amides is 2. The summed E-state index contributed by atoms with van der Waals surface area (Å²) in [7, 11) is 0. The summed E-state index contributed by atoms with van der Waals surface area (Å²) < 4.78 is 16.0. The molecule has 3 aromatic rings. The molecule has 144 valence electrons. The number of imide groups is 1. The predicted octanol–water partition coefficient (Wildman–Crippen LogP) is 3.25. The molecule has 0 aliphatic rings. The second-order valence-corrected chi connectivity index (χ2v) is 5.97. The highest BCUT2D eigenvalue weighted by molar-refractivity contribution is 6.05. The molecule has 0 fully saturated rings. The molecule has 0 saturated heterocycles. The van der Waals surface area contributed by atoms with E-state index in [4.69, 9.17) is 13.9 Å². The third kappa shape index (κ3) is 4.20. The molecule has 0 saturated carbocycles. The molecule has 2 aromatic carbocycles. The van der Waals surface area contributed by atoms with Gasteiger partial charge in [0.25, 0.3) is 11.8 Å². The van der Waals surface area contributed by atoms with Gasteiger partial charge in [0.05, 0.1) is 6.61 Å². The average Bonchev–Trinajstić information content (AvgIpc) is 3.03. The largest absolute Gasteiger partial charge is 0.494 e. The van der Waals surface area contributed by atoms with Gasteiger partial charge in [-0.1, -0.05) is 18.2 Å². The van der Waals surface area contributed by atoms with Crippen LogP contribution in [0.5, 0.6) is 5.75 Å². The van der Waals surface area contributed by atoms with Gasteiger partial charge < -0.3 is 13.9 Å². The number of hydrogen-bond donors (Lipinski definition) is 1. The first-order valence-corrected chi connectivity index (χ1v) is 8.72. The van der Waals surface area contributed by atoms with E-state index in [0.29, 0.717) is 29.1 Å². The molecule has 1 heterocycles. The third-order valence-electron chi connectivity index (χ3n) is 4.03. The lowest BCUT2D eigenvalue weighted by atomic mass is 10.1. The Kier molecular flexibility index (Phi) is 5.74. The lowest BCUT2D eigenvalue weighted by Crippen LogP contribution is -2.34. The van der Waals surface area contributed by atoms with E-state index in [0.717, 1.165) is 5.39 Å². The topological polar surface area (TPSA) is 94.8 Å². The summed E-state index contributed by atoms with van der Waals surface area (Å²) in [5.74, 6) is -1.41. The number of benzene rings is 2. The number of furan rings is 1. The smallest absolute Gasteiger partial charge is 0.375 e. The molecule has 0 bridgehead atoms. The van der Waals surface area contributed by atoms with Crippen molar-refractivity contribution in [1.29, 1.82) is 0 Å². The molecular formula is C21H19NO6. The molecule has 7 nitrogen and oxygen atoms in total. The number of aryl methyl sites for hydroxylation is 1. The second kappa shape index (κ2) is 8.39. The van der Waals surface area contributed by atoms with Crippen LogP contribution in [0, 0.1) is 6.92 Å². The molecule has 3 rings (SSSR count). The lowest BCUT2D eigenvalue weighted by molar-refractivity contribution is -0.123. The minimum atomic E-state index is -0.783. The predicted molar refractivity (Wildman–Crippen MR) is 101 cm³/mol. The van der Waals surface area contributed by atoms with Crippen LogP contribution in [0.2, 0.25) is 0 Å². The van der Waals surface area contributed by atoms with Crippen molar-refractivity contribution in [1.82, 2.24) is 5.32 Å². The Morgan fingerprint density at radius 1 is 1.07 bits per heavy atom. The minimum Gasteiger partial charge on any atom is -0.494 e. The number of esters is 1. The molecule has 0 atom stereocenters. The second-order valence-electron chi connectivity index (χ2n) is 5.97. The van der Waals surface area contributed by atoms with Gasteiger partial charge in [0.1, 0.15) is 11.3 Å². The van der Waals surface area contributed by atoms with Crippen molar-refractivity contribution in [2.75, 3.05) is 13.2 Å².